The second kappa shape index (κ2) is 10.7. The number of sulfonamides is 1. The Morgan fingerprint density at radius 2 is 1.89 bits per heavy atom. The topological polar surface area (TPSA) is 66.5 Å². The molecule has 0 spiro atoms. The van der Waals surface area contributed by atoms with Gasteiger partial charge < -0.3 is 5.32 Å². The van der Waals surface area contributed by atoms with Gasteiger partial charge >= 0.3 is 0 Å². The summed E-state index contributed by atoms with van der Waals surface area (Å²) in [4.78, 5) is 12.2. The summed E-state index contributed by atoms with van der Waals surface area (Å²) in [6, 6.07) is 17.1. The SMILES string of the molecule is CS(=O)(=O)N(CC(=O)NCCCSCc1ccccc1)c1cccc(Br)c1. The lowest BCUT2D eigenvalue weighted by Crippen LogP contribution is -2.40. The number of hydrogen-bond donors (Lipinski definition) is 1. The average molecular weight is 471 g/mol. The van der Waals surface area contributed by atoms with Crippen molar-refractivity contribution in [2.45, 2.75) is 12.2 Å². The number of carbonyl (C=O) groups is 1. The van der Waals surface area contributed by atoms with Crippen LogP contribution in [0.3, 0.4) is 0 Å². The summed E-state index contributed by atoms with van der Waals surface area (Å²) in [6.45, 7) is 0.295. The predicted octanol–water partition coefficient (Wildman–Crippen LogP) is 3.65. The maximum Gasteiger partial charge on any atom is 0.240 e. The molecule has 0 saturated carbocycles. The van der Waals surface area contributed by atoms with Gasteiger partial charge in [0.2, 0.25) is 15.9 Å². The maximum atomic E-state index is 12.2. The molecule has 0 bridgehead atoms. The van der Waals surface area contributed by atoms with Crippen LogP contribution in [-0.4, -0.2) is 39.4 Å². The molecule has 2 aromatic rings. The highest BCUT2D eigenvalue weighted by Gasteiger charge is 2.20. The third-order valence-corrected chi connectivity index (χ3v) is 6.43. The van der Waals surface area contributed by atoms with Gasteiger partial charge in [0, 0.05) is 16.8 Å². The van der Waals surface area contributed by atoms with Gasteiger partial charge in [-0.3, -0.25) is 9.10 Å². The molecule has 0 aromatic heterocycles. The van der Waals surface area contributed by atoms with Crippen LogP contribution in [0.25, 0.3) is 0 Å². The molecule has 0 radical (unpaired) electrons. The van der Waals surface area contributed by atoms with Crippen LogP contribution in [0, 0.1) is 0 Å². The fourth-order valence-electron chi connectivity index (χ4n) is 2.38. The number of halogens is 1. The molecule has 0 unspecified atom stereocenters. The monoisotopic (exact) mass is 470 g/mol. The third kappa shape index (κ3) is 7.94. The first kappa shape index (κ1) is 21.8. The Balaban J connectivity index is 1.76. The molecule has 8 heteroatoms. The van der Waals surface area contributed by atoms with E-state index < -0.39 is 10.0 Å². The average Bonchev–Trinajstić information content (AvgIpc) is 2.62. The molecule has 1 N–H and O–H groups in total. The first-order valence-electron chi connectivity index (χ1n) is 8.48. The van der Waals surface area contributed by atoms with Crippen LogP contribution in [0.15, 0.2) is 59.1 Å². The molecule has 2 aromatic carbocycles. The van der Waals surface area contributed by atoms with Crippen molar-refractivity contribution in [1.82, 2.24) is 5.32 Å². The van der Waals surface area contributed by atoms with Gasteiger partial charge in [-0.2, -0.15) is 11.8 Å². The van der Waals surface area contributed by atoms with E-state index >= 15 is 0 Å². The molecular weight excluding hydrogens is 448 g/mol. The summed E-state index contributed by atoms with van der Waals surface area (Å²) in [5.41, 5.74) is 1.74. The van der Waals surface area contributed by atoms with Gasteiger partial charge in [0.1, 0.15) is 6.54 Å². The summed E-state index contributed by atoms with van der Waals surface area (Å²) in [5.74, 6) is 1.56. The predicted molar refractivity (Wildman–Crippen MR) is 117 cm³/mol. The second-order valence-corrected chi connectivity index (χ2v) is 9.92. The highest BCUT2D eigenvalue weighted by Crippen LogP contribution is 2.21. The Bertz CT molecular complexity index is 845. The largest absolute Gasteiger partial charge is 0.354 e. The number of anilines is 1. The Labute approximate surface area is 173 Å². The lowest BCUT2D eigenvalue weighted by atomic mass is 10.2. The molecule has 0 aliphatic rings. The zero-order chi connectivity index (χ0) is 19.7. The van der Waals surface area contributed by atoms with Crippen LogP contribution in [0.5, 0.6) is 0 Å². The second-order valence-electron chi connectivity index (χ2n) is 5.99. The molecule has 0 aliphatic heterocycles. The smallest absolute Gasteiger partial charge is 0.240 e. The summed E-state index contributed by atoms with van der Waals surface area (Å²) in [7, 11) is -3.55. The van der Waals surface area contributed by atoms with Crippen molar-refractivity contribution >= 4 is 49.3 Å². The van der Waals surface area contributed by atoms with Gasteiger partial charge in [0.15, 0.2) is 0 Å². The zero-order valence-electron chi connectivity index (χ0n) is 15.1. The fourth-order valence-corrected chi connectivity index (χ4v) is 4.54. The van der Waals surface area contributed by atoms with Gasteiger partial charge in [-0.05, 0) is 35.9 Å². The quantitative estimate of drug-likeness (QED) is 0.538. The Morgan fingerprint density at radius 3 is 2.56 bits per heavy atom. The number of nitrogens with one attached hydrogen (secondary N) is 1. The van der Waals surface area contributed by atoms with E-state index in [0.29, 0.717) is 12.2 Å². The normalized spacial score (nSPS) is 11.2. The molecule has 0 aliphatic carbocycles. The van der Waals surface area contributed by atoms with Crippen molar-refractivity contribution in [2.75, 3.05) is 29.4 Å². The maximum absolute atomic E-state index is 12.2. The number of thioether (sulfide) groups is 1. The van der Waals surface area contributed by atoms with E-state index in [1.165, 1.54) is 5.56 Å². The minimum absolute atomic E-state index is 0.230. The van der Waals surface area contributed by atoms with E-state index in [1.54, 1.807) is 24.3 Å². The molecule has 0 saturated heterocycles. The van der Waals surface area contributed by atoms with Gasteiger partial charge in [-0.15, -0.1) is 0 Å². The summed E-state index contributed by atoms with van der Waals surface area (Å²) < 4.78 is 26.0. The number of benzene rings is 2. The van der Waals surface area contributed by atoms with Crippen LogP contribution in [0.4, 0.5) is 5.69 Å². The summed E-state index contributed by atoms with van der Waals surface area (Å²) in [6.07, 6.45) is 1.93. The van der Waals surface area contributed by atoms with Crippen LogP contribution in [-0.2, 0) is 20.6 Å². The molecule has 27 heavy (non-hydrogen) atoms. The van der Waals surface area contributed by atoms with E-state index in [1.807, 2.05) is 30.0 Å². The molecule has 0 heterocycles. The van der Waals surface area contributed by atoms with Crippen molar-refractivity contribution in [3.8, 4) is 0 Å². The number of amides is 1. The van der Waals surface area contributed by atoms with E-state index in [4.69, 9.17) is 0 Å². The first-order chi connectivity index (χ1) is 12.9. The molecule has 2 rings (SSSR count). The highest BCUT2D eigenvalue weighted by atomic mass is 79.9. The van der Waals surface area contributed by atoms with E-state index in [2.05, 4.69) is 33.4 Å². The van der Waals surface area contributed by atoms with Crippen LogP contribution >= 0.6 is 27.7 Å². The van der Waals surface area contributed by atoms with Crippen LogP contribution in [0.2, 0.25) is 0 Å². The van der Waals surface area contributed by atoms with Crippen molar-refractivity contribution in [2.24, 2.45) is 0 Å². The zero-order valence-corrected chi connectivity index (χ0v) is 18.3. The Kier molecular flexibility index (Phi) is 8.66. The minimum Gasteiger partial charge on any atom is -0.354 e. The molecule has 0 atom stereocenters. The number of rotatable bonds is 10. The summed E-state index contributed by atoms with van der Waals surface area (Å²) in [5, 5.41) is 2.80. The van der Waals surface area contributed by atoms with Gasteiger partial charge in [-0.1, -0.05) is 52.3 Å². The van der Waals surface area contributed by atoms with E-state index in [9.17, 15) is 13.2 Å². The van der Waals surface area contributed by atoms with Crippen molar-refractivity contribution < 1.29 is 13.2 Å². The standard InChI is InChI=1S/C19H23BrN2O3S2/c1-27(24,25)22(18-10-5-9-17(20)13-18)14-19(23)21-11-6-12-26-15-16-7-3-2-4-8-16/h2-5,7-10,13H,6,11-12,14-15H2,1H3,(H,21,23). The van der Waals surface area contributed by atoms with Crippen molar-refractivity contribution in [3.63, 3.8) is 0 Å². The first-order valence-corrected chi connectivity index (χ1v) is 12.3. The number of nitrogens with zero attached hydrogens (tertiary/aromatic N) is 1. The number of carbonyl (C=O) groups excluding carboxylic acids is 1. The van der Waals surface area contributed by atoms with Gasteiger partial charge in [0.05, 0.1) is 11.9 Å². The molecular formula is C19H23BrN2O3S2. The molecule has 146 valence electrons. The molecule has 0 fully saturated rings. The fraction of sp³-hybridized carbons (Fsp3) is 0.316. The molecule has 1 amide bonds. The lowest BCUT2D eigenvalue weighted by Gasteiger charge is -2.22. The molecule has 5 nitrogen and oxygen atoms in total. The van der Waals surface area contributed by atoms with Crippen molar-refractivity contribution in [3.05, 3.63) is 64.6 Å². The number of hydrogen-bond acceptors (Lipinski definition) is 4. The minimum atomic E-state index is -3.55. The highest BCUT2D eigenvalue weighted by molar-refractivity contribution is 9.10. The summed E-state index contributed by atoms with van der Waals surface area (Å²) >= 11 is 5.13. The van der Waals surface area contributed by atoms with E-state index in [0.717, 1.165) is 33.0 Å². The van der Waals surface area contributed by atoms with Crippen LogP contribution < -0.4 is 9.62 Å². The Hall–Kier alpha value is -1.51. The van der Waals surface area contributed by atoms with E-state index in [-0.39, 0.29) is 12.5 Å². The van der Waals surface area contributed by atoms with Gasteiger partial charge in [0.25, 0.3) is 0 Å². The van der Waals surface area contributed by atoms with Gasteiger partial charge in [-0.25, -0.2) is 8.42 Å². The van der Waals surface area contributed by atoms with Crippen molar-refractivity contribution in [1.29, 1.82) is 0 Å². The lowest BCUT2D eigenvalue weighted by molar-refractivity contribution is -0.119. The third-order valence-electron chi connectivity index (χ3n) is 3.68. The Morgan fingerprint density at radius 1 is 1.15 bits per heavy atom. The van der Waals surface area contributed by atoms with Crippen LogP contribution in [0.1, 0.15) is 12.0 Å².